The third kappa shape index (κ3) is 5.45. The minimum atomic E-state index is -0.972. The maximum absolute atomic E-state index is 12.5. The molecular formula is C24H28N2O6. The van der Waals surface area contributed by atoms with E-state index in [9.17, 15) is 14.4 Å². The summed E-state index contributed by atoms with van der Waals surface area (Å²) < 4.78 is 10.7. The summed E-state index contributed by atoms with van der Waals surface area (Å²) in [6, 6.07) is 15.1. The largest absolute Gasteiger partial charge is 0.481 e. The molecule has 3 N–H and O–H groups in total. The van der Waals surface area contributed by atoms with Crippen LogP contribution < -0.4 is 10.6 Å². The van der Waals surface area contributed by atoms with Gasteiger partial charge >= 0.3 is 12.1 Å². The number of hydrogen-bond acceptors (Lipinski definition) is 5. The van der Waals surface area contributed by atoms with Gasteiger partial charge in [-0.1, -0.05) is 48.5 Å². The summed E-state index contributed by atoms with van der Waals surface area (Å²) in [5.74, 6) is -1.48. The highest BCUT2D eigenvalue weighted by Gasteiger charge is 2.31. The Hall–Kier alpha value is -3.39. The van der Waals surface area contributed by atoms with Crippen molar-refractivity contribution >= 4 is 18.0 Å². The molecule has 0 spiro atoms. The van der Waals surface area contributed by atoms with Crippen molar-refractivity contribution in [1.29, 1.82) is 0 Å². The Morgan fingerprint density at radius 2 is 1.62 bits per heavy atom. The molecule has 1 aliphatic rings. The molecule has 2 atom stereocenters. The molecule has 0 saturated carbocycles. The minimum absolute atomic E-state index is 0.0510. The average molecular weight is 440 g/mol. The first-order valence-corrected chi connectivity index (χ1v) is 10.6. The van der Waals surface area contributed by atoms with Crippen LogP contribution in [0.25, 0.3) is 11.1 Å². The standard InChI is InChI=1S/C24H28N2O6/c1-15(31-2)22(23(29)25-13-7-12-21(27)28)26-24(30)32-14-20-18-10-5-3-8-16(18)17-9-4-6-11-19(17)20/h3-6,8-11,15,20,22H,7,12-14H2,1-2H3,(H,25,29)(H,26,30)(H,27,28). The number of methoxy groups -OCH3 is 1. The summed E-state index contributed by atoms with van der Waals surface area (Å²) in [4.78, 5) is 35.6. The van der Waals surface area contributed by atoms with E-state index >= 15 is 0 Å². The Bertz CT molecular complexity index is 931. The highest BCUT2D eigenvalue weighted by Crippen LogP contribution is 2.44. The molecule has 2 amide bonds. The van der Waals surface area contributed by atoms with Crippen molar-refractivity contribution in [3.8, 4) is 11.1 Å². The molecule has 0 radical (unpaired) electrons. The lowest BCUT2D eigenvalue weighted by Gasteiger charge is -2.23. The first kappa shape index (κ1) is 23.3. The number of carboxylic acid groups (broad SMARTS) is 1. The predicted molar refractivity (Wildman–Crippen MR) is 118 cm³/mol. The van der Waals surface area contributed by atoms with Crippen molar-refractivity contribution < 1.29 is 29.0 Å². The third-order valence-electron chi connectivity index (χ3n) is 5.61. The highest BCUT2D eigenvalue weighted by atomic mass is 16.5. The first-order valence-electron chi connectivity index (χ1n) is 10.6. The van der Waals surface area contributed by atoms with E-state index in [2.05, 4.69) is 22.8 Å². The van der Waals surface area contributed by atoms with E-state index in [1.165, 1.54) is 7.11 Å². The number of carboxylic acids is 1. The number of hydrogen-bond donors (Lipinski definition) is 3. The zero-order valence-corrected chi connectivity index (χ0v) is 18.2. The molecule has 2 unspecified atom stereocenters. The third-order valence-corrected chi connectivity index (χ3v) is 5.61. The van der Waals surface area contributed by atoms with Gasteiger partial charge in [-0.05, 0) is 35.6 Å². The second kappa shape index (κ2) is 10.8. The molecule has 1 aliphatic carbocycles. The quantitative estimate of drug-likeness (QED) is 0.490. The lowest BCUT2D eigenvalue weighted by molar-refractivity contribution is -0.137. The lowest BCUT2D eigenvalue weighted by atomic mass is 9.98. The monoisotopic (exact) mass is 440 g/mol. The van der Waals surface area contributed by atoms with E-state index in [4.69, 9.17) is 14.6 Å². The number of fused-ring (bicyclic) bond motifs is 3. The summed E-state index contributed by atoms with van der Waals surface area (Å²) in [5, 5.41) is 13.9. The molecule has 2 aromatic carbocycles. The second-order valence-corrected chi connectivity index (χ2v) is 7.68. The predicted octanol–water partition coefficient (Wildman–Crippen LogP) is 2.91. The Labute approximate surface area is 186 Å². The molecule has 0 bridgehead atoms. The van der Waals surface area contributed by atoms with Gasteiger partial charge in [-0.15, -0.1) is 0 Å². The lowest BCUT2D eigenvalue weighted by Crippen LogP contribution is -2.53. The van der Waals surface area contributed by atoms with Gasteiger partial charge in [0.05, 0.1) is 6.10 Å². The van der Waals surface area contributed by atoms with Crippen molar-refractivity contribution in [2.24, 2.45) is 0 Å². The number of aliphatic carboxylic acids is 1. The van der Waals surface area contributed by atoms with E-state index < -0.39 is 30.1 Å². The molecular weight excluding hydrogens is 412 g/mol. The first-order chi connectivity index (χ1) is 15.4. The van der Waals surface area contributed by atoms with Crippen LogP contribution >= 0.6 is 0 Å². The van der Waals surface area contributed by atoms with Gasteiger partial charge in [-0.3, -0.25) is 9.59 Å². The molecule has 0 saturated heterocycles. The van der Waals surface area contributed by atoms with E-state index in [0.29, 0.717) is 6.42 Å². The van der Waals surface area contributed by atoms with Gasteiger partial charge in [0, 0.05) is 26.0 Å². The van der Waals surface area contributed by atoms with E-state index in [1.54, 1.807) is 6.92 Å². The SMILES string of the molecule is COC(C)C(NC(=O)OCC1c2ccccc2-c2ccccc21)C(=O)NCCCC(=O)O. The van der Waals surface area contributed by atoms with Gasteiger partial charge in [0.25, 0.3) is 0 Å². The van der Waals surface area contributed by atoms with E-state index in [1.807, 2.05) is 36.4 Å². The van der Waals surface area contributed by atoms with Crippen LogP contribution in [0.1, 0.15) is 36.8 Å². The summed E-state index contributed by atoms with van der Waals surface area (Å²) in [6.07, 6.45) is -1.08. The van der Waals surface area contributed by atoms with Gasteiger partial charge in [-0.2, -0.15) is 0 Å². The average Bonchev–Trinajstić information content (AvgIpc) is 3.12. The van der Waals surface area contributed by atoms with Gasteiger partial charge in [0.15, 0.2) is 0 Å². The number of alkyl carbamates (subject to hydrolysis) is 1. The number of carbonyl (C=O) groups is 3. The number of ether oxygens (including phenoxy) is 2. The molecule has 0 fully saturated rings. The fourth-order valence-electron chi connectivity index (χ4n) is 3.86. The van der Waals surface area contributed by atoms with Gasteiger partial charge < -0.3 is 25.2 Å². The summed E-state index contributed by atoms with van der Waals surface area (Å²) in [5.41, 5.74) is 4.45. The Balaban J connectivity index is 1.61. The number of benzene rings is 2. The fraction of sp³-hybridized carbons (Fsp3) is 0.375. The molecule has 3 rings (SSSR count). The molecule has 8 nitrogen and oxygen atoms in total. The molecule has 2 aromatic rings. The molecule has 32 heavy (non-hydrogen) atoms. The number of amides is 2. The van der Waals surface area contributed by atoms with Gasteiger partial charge in [0.2, 0.25) is 5.91 Å². The zero-order valence-electron chi connectivity index (χ0n) is 18.2. The summed E-state index contributed by atoms with van der Waals surface area (Å²) in [7, 11) is 1.44. The Morgan fingerprint density at radius 3 is 2.19 bits per heavy atom. The number of nitrogens with one attached hydrogen (secondary N) is 2. The zero-order chi connectivity index (χ0) is 23.1. The topological polar surface area (TPSA) is 114 Å². The molecule has 0 aromatic heterocycles. The van der Waals surface area contributed by atoms with Crippen LogP contribution in [0, 0.1) is 0 Å². The molecule has 170 valence electrons. The van der Waals surface area contributed by atoms with Crippen molar-refractivity contribution in [3.05, 3.63) is 59.7 Å². The van der Waals surface area contributed by atoms with Crippen LogP contribution in [0.5, 0.6) is 0 Å². The van der Waals surface area contributed by atoms with Crippen molar-refractivity contribution in [2.45, 2.75) is 37.8 Å². The van der Waals surface area contributed by atoms with Crippen LogP contribution in [0.3, 0.4) is 0 Å². The Kier molecular flexibility index (Phi) is 7.83. The normalized spacial score (nSPS) is 14.1. The maximum atomic E-state index is 12.5. The minimum Gasteiger partial charge on any atom is -0.481 e. The molecule has 0 aliphatic heterocycles. The van der Waals surface area contributed by atoms with Crippen LogP contribution in [0.4, 0.5) is 4.79 Å². The smallest absolute Gasteiger partial charge is 0.407 e. The van der Waals surface area contributed by atoms with E-state index in [-0.39, 0.29) is 25.5 Å². The number of carbonyl (C=O) groups excluding carboxylic acids is 2. The van der Waals surface area contributed by atoms with Gasteiger partial charge in [0.1, 0.15) is 12.6 Å². The van der Waals surface area contributed by atoms with Crippen molar-refractivity contribution in [2.75, 3.05) is 20.3 Å². The fourth-order valence-corrected chi connectivity index (χ4v) is 3.86. The van der Waals surface area contributed by atoms with Crippen LogP contribution in [-0.4, -0.2) is 55.5 Å². The van der Waals surface area contributed by atoms with Crippen molar-refractivity contribution in [1.82, 2.24) is 10.6 Å². The molecule has 8 heteroatoms. The van der Waals surface area contributed by atoms with Crippen LogP contribution in [-0.2, 0) is 19.1 Å². The Morgan fingerprint density at radius 1 is 1.03 bits per heavy atom. The van der Waals surface area contributed by atoms with Crippen LogP contribution in [0.15, 0.2) is 48.5 Å². The van der Waals surface area contributed by atoms with E-state index in [0.717, 1.165) is 22.3 Å². The van der Waals surface area contributed by atoms with Crippen LogP contribution in [0.2, 0.25) is 0 Å². The maximum Gasteiger partial charge on any atom is 0.407 e. The number of rotatable bonds is 10. The summed E-state index contributed by atoms with van der Waals surface area (Å²) >= 11 is 0. The molecule has 0 heterocycles. The summed E-state index contributed by atoms with van der Waals surface area (Å²) in [6.45, 7) is 1.98. The second-order valence-electron chi connectivity index (χ2n) is 7.68. The van der Waals surface area contributed by atoms with Gasteiger partial charge in [-0.25, -0.2) is 4.79 Å². The highest BCUT2D eigenvalue weighted by molar-refractivity contribution is 5.86. The van der Waals surface area contributed by atoms with Crippen molar-refractivity contribution in [3.63, 3.8) is 0 Å².